The predicted octanol–water partition coefficient (Wildman–Crippen LogP) is 1.40. The zero-order valence-electron chi connectivity index (χ0n) is 19.4. The van der Waals surface area contributed by atoms with Crippen molar-refractivity contribution in [2.45, 2.75) is 30.8 Å². The number of hydrogen-bond donors (Lipinski definition) is 2. The third kappa shape index (κ3) is 3.82. The van der Waals surface area contributed by atoms with Crippen LogP contribution in [-0.2, 0) is 27.8 Å². The molecular formula is C24H25N7O4S. The van der Waals surface area contributed by atoms with E-state index in [9.17, 15) is 18.0 Å². The molecule has 1 atom stereocenters. The van der Waals surface area contributed by atoms with E-state index in [0.29, 0.717) is 49.3 Å². The number of H-pyrrole nitrogens is 2. The van der Waals surface area contributed by atoms with Crippen LogP contribution in [0.25, 0.3) is 16.9 Å². The van der Waals surface area contributed by atoms with Gasteiger partial charge in [-0.3, -0.25) is 14.7 Å². The van der Waals surface area contributed by atoms with Gasteiger partial charge in [-0.25, -0.2) is 22.9 Å². The fraction of sp³-hybridized carbons (Fsp3) is 0.333. The smallest absolute Gasteiger partial charge is 0.277 e. The molecule has 1 aromatic carbocycles. The Bertz CT molecular complexity index is 1590. The normalized spacial score (nSPS) is 18.9. The number of piperidine rings is 1. The lowest BCUT2D eigenvalue weighted by atomic mass is 9.96. The van der Waals surface area contributed by atoms with Gasteiger partial charge in [0.15, 0.2) is 10.7 Å². The van der Waals surface area contributed by atoms with Crippen molar-refractivity contribution in [3.63, 3.8) is 0 Å². The molecule has 0 aliphatic carbocycles. The van der Waals surface area contributed by atoms with Crippen molar-refractivity contribution in [3.05, 3.63) is 70.5 Å². The summed E-state index contributed by atoms with van der Waals surface area (Å²) in [6.07, 6.45) is 4.25. The summed E-state index contributed by atoms with van der Waals surface area (Å²) in [6, 6.07) is 11.5. The Morgan fingerprint density at radius 1 is 1.14 bits per heavy atom. The summed E-state index contributed by atoms with van der Waals surface area (Å²) in [5.74, 6) is -0.598. The van der Waals surface area contributed by atoms with Crippen LogP contribution < -0.4 is 5.56 Å². The summed E-state index contributed by atoms with van der Waals surface area (Å²) in [5, 5.41) is 3.15. The molecule has 0 saturated carbocycles. The number of hydrogen-bond acceptors (Lipinski definition) is 6. The van der Waals surface area contributed by atoms with E-state index in [1.807, 2.05) is 36.4 Å². The molecule has 0 bridgehead atoms. The number of nitrogens with zero attached hydrogens (tertiary/aromatic N) is 5. The van der Waals surface area contributed by atoms with Crippen LogP contribution in [0, 0.1) is 5.92 Å². The SMILES string of the molecule is O=C([C@@H]1CCCN(S(=O)(=O)c2cnc[nH]2)C1)N1CCc2nc3cc(-c4ccccc4)[nH]n3c(=O)c2C1. The molecule has 2 aliphatic rings. The fourth-order valence-corrected chi connectivity index (χ4v) is 6.50. The first kappa shape index (κ1) is 22.7. The molecule has 5 heterocycles. The highest BCUT2D eigenvalue weighted by Gasteiger charge is 2.37. The van der Waals surface area contributed by atoms with E-state index in [2.05, 4.69) is 15.1 Å². The molecule has 2 aliphatic heterocycles. The average molecular weight is 508 g/mol. The zero-order chi connectivity index (χ0) is 24.9. The Kier molecular flexibility index (Phi) is 5.49. The van der Waals surface area contributed by atoms with Gasteiger partial charge in [-0.1, -0.05) is 30.3 Å². The molecule has 0 spiro atoms. The van der Waals surface area contributed by atoms with Crippen molar-refractivity contribution in [2.75, 3.05) is 19.6 Å². The standard InChI is InChI=1S/C24H25N7O4S/c32-23(17-7-4-9-30(13-17)36(34,35)22-12-25-15-26-22)29-10-8-19-18(14-29)24(33)31-21(27-19)11-20(28-31)16-5-2-1-3-6-16/h1-3,5-6,11-12,15,17,28H,4,7-10,13-14H2,(H,25,26)/t17-/m1/s1. The number of aromatic amines is 2. The van der Waals surface area contributed by atoms with Crippen molar-refractivity contribution < 1.29 is 13.2 Å². The Morgan fingerprint density at radius 3 is 2.75 bits per heavy atom. The van der Waals surface area contributed by atoms with Crippen LogP contribution in [0.4, 0.5) is 0 Å². The molecule has 1 saturated heterocycles. The maximum Gasteiger partial charge on any atom is 0.277 e. The summed E-state index contributed by atoms with van der Waals surface area (Å²) in [5.41, 5.74) is 3.26. The molecular weight excluding hydrogens is 482 g/mol. The number of imidazole rings is 1. The number of nitrogens with one attached hydrogen (secondary N) is 2. The van der Waals surface area contributed by atoms with Crippen LogP contribution in [-0.4, -0.2) is 67.7 Å². The van der Waals surface area contributed by atoms with Gasteiger partial charge in [-0.2, -0.15) is 4.31 Å². The van der Waals surface area contributed by atoms with Crippen molar-refractivity contribution >= 4 is 21.6 Å². The number of carbonyl (C=O) groups excluding carboxylic acids is 1. The Balaban J connectivity index is 1.24. The summed E-state index contributed by atoms with van der Waals surface area (Å²) in [6.45, 7) is 1.06. The maximum atomic E-state index is 13.4. The van der Waals surface area contributed by atoms with Gasteiger partial charge >= 0.3 is 0 Å². The summed E-state index contributed by atoms with van der Waals surface area (Å²) >= 11 is 0. The van der Waals surface area contributed by atoms with Crippen LogP contribution in [0.1, 0.15) is 24.1 Å². The lowest BCUT2D eigenvalue weighted by molar-refractivity contribution is -0.137. The van der Waals surface area contributed by atoms with Crippen LogP contribution in [0.5, 0.6) is 0 Å². The number of aromatic nitrogens is 5. The van der Waals surface area contributed by atoms with E-state index in [0.717, 1.165) is 11.3 Å². The van der Waals surface area contributed by atoms with Gasteiger partial charge < -0.3 is 9.88 Å². The van der Waals surface area contributed by atoms with Crippen LogP contribution in [0.2, 0.25) is 0 Å². The molecule has 6 rings (SSSR count). The Hall–Kier alpha value is -3.77. The van der Waals surface area contributed by atoms with E-state index in [1.165, 1.54) is 21.3 Å². The quantitative estimate of drug-likeness (QED) is 0.429. The number of carbonyl (C=O) groups is 1. The van der Waals surface area contributed by atoms with Crippen molar-refractivity contribution in [1.29, 1.82) is 0 Å². The van der Waals surface area contributed by atoms with Crippen molar-refractivity contribution in [1.82, 2.24) is 33.8 Å². The number of amides is 1. The molecule has 2 N–H and O–H groups in total. The second kappa shape index (κ2) is 8.71. The maximum absolute atomic E-state index is 13.4. The number of sulfonamides is 1. The molecule has 4 aromatic rings. The lowest BCUT2D eigenvalue weighted by Crippen LogP contribution is -2.48. The first-order valence-electron chi connectivity index (χ1n) is 11.9. The monoisotopic (exact) mass is 507 g/mol. The van der Waals surface area contributed by atoms with E-state index in [-0.39, 0.29) is 29.6 Å². The second-order valence-corrected chi connectivity index (χ2v) is 11.1. The van der Waals surface area contributed by atoms with Crippen LogP contribution in [0.15, 0.2) is 58.7 Å². The van der Waals surface area contributed by atoms with Gasteiger partial charge in [0.25, 0.3) is 15.6 Å². The minimum atomic E-state index is -3.74. The summed E-state index contributed by atoms with van der Waals surface area (Å²) in [4.78, 5) is 39.6. The van der Waals surface area contributed by atoms with E-state index in [1.54, 1.807) is 4.90 Å². The molecule has 0 radical (unpaired) electrons. The molecule has 1 amide bonds. The second-order valence-electron chi connectivity index (χ2n) is 9.20. The van der Waals surface area contributed by atoms with Crippen molar-refractivity contribution in [2.24, 2.45) is 5.92 Å². The predicted molar refractivity (Wildman–Crippen MR) is 130 cm³/mol. The van der Waals surface area contributed by atoms with E-state index >= 15 is 0 Å². The van der Waals surface area contributed by atoms with Crippen molar-refractivity contribution in [3.8, 4) is 11.3 Å². The van der Waals surface area contributed by atoms with Gasteiger partial charge in [0, 0.05) is 32.1 Å². The molecule has 1 fully saturated rings. The summed E-state index contributed by atoms with van der Waals surface area (Å²) < 4.78 is 28.6. The molecule has 11 nitrogen and oxygen atoms in total. The summed E-state index contributed by atoms with van der Waals surface area (Å²) in [7, 11) is -3.74. The third-order valence-electron chi connectivity index (χ3n) is 6.98. The molecule has 36 heavy (non-hydrogen) atoms. The first-order chi connectivity index (χ1) is 17.4. The zero-order valence-corrected chi connectivity index (χ0v) is 20.2. The number of fused-ring (bicyclic) bond motifs is 2. The molecule has 12 heteroatoms. The largest absolute Gasteiger partial charge is 0.337 e. The van der Waals surface area contributed by atoms with Gasteiger partial charge in [0.2, 0.25) is 5.91 Å². The first-order valence-corrected chi connectivity index (χ1v) is 13.3. The van der Waals surface area contributed by atoms with E-state index in [4.69, 9.17) is 4.98 Å². The highest BCUT2D eigenvalue weighted by molar-refractivity contribution is 7.89. The Labute approximate surface area is 206 Å². The van der Waals surface area contributed by atoms with Gasteiger partial charge in [-0.15, -0.1) is 0 Å². The van der Waals surface area contributed by atoms with Crippen LogP contribution in [0.3, 0.4) is 0 Å². The molecule has 3 aromatic heterocycles. The van der Waals surface area contributed by atoms with Gasteiger partial charge in [0.05, 0.1) is 41.9 Å². The van der Waals surface area contributed by atoms with Gasteiger partial charge in [0.1, 0.15) is 0 Å². The molecule has 0 unspecified atom stereocenters. The Morgan fingerprint density at radius 2 is 1.97 bits per heavy atom. The van der Waals surface area contributed by atoms with Crippen LogP contribution >= 0.6 is 0 Å². The average Bonchev–Trinajstić information content (AvgIpc) is 3.60. The van der Waals surface area contributed by atoms with E-state index < -0.39 is 15.9 Å². The highest BCUT2D eigenvalue weighted by Crippen LogP contribution is 2.26. The minimum Gasteiger partial charge on any atom is -0.337 e. The number of benzene rings is 1. The lowest BCUT2D eigenvalue weighted by Gasteiger charge is -2.35. The third-order valence-corrected chi connectivity index (χ3v) is 8.77. The highest BCUT2D eigenvalue weighted by atomic mass is 32.2. The molecule has 186 valence electrons. The van der Waals surface area contributed by atoms with Gasteiger partial charge in [-0.05, 0) is 18.4 Å². The minimum absolute atomic E-state index is 0.0198. The topological polar surface area (TPSA) is 137 Å². The fourth-order valence-electron chi connectivity index (χ4n) is 5.08. The number of rotatable bonds is 4.